The molecule has 1 N–H and O–H groups in total. The van der Waals surface area contributed by atoms with Gasteiger partial charge in [0.1, 0.15) is 18.1 Å². The summed E-state index contributed by atoms with van der Waals surface area (Å²) in [4.78, 5) is 29.0. The van der Waals surface area contributed by atoms with Crippen molar-refractivity contribution in [2.75, 3.05) is 20.8 Å². The molecule has 1 aromatic heterocycles. The topological polar surface area (TPSA) is 109 Å². The number of hydrogen-bond acceptors (Lipinski definition) is 9. The zero-order valence-corrected chi connectivity index (χ0v) is 20.7. The maximum Gasteiger partial charge on any atom is 0.373 e. The number of carbonyl (C=O) groups excluding carboxylic acids is 2. The van der Waals surface area contributed by atoms with Gasteiger partial charge in [-0.1, -0.05) is 6.07 Å². The van der Waals surface area contributed by atoms with Crippen LogP contribution in [0, 0.1) is 0 Å². The summed E-state index contributed by atoms with van der Waals surface area (Å²) in [7, 11) is 2.81. The van der Waals surface area contributed by atoms with Crippen LogP contribution in [0.2, 0.25) is 0 Å². The minimum absolute atomic E-state index is 0.0947. The number of nitrogens with one attached hydrogen (secondary N) is 1. The van der Waals surface area contributed by atoms with Crippen LogP contribution in [0.25, 0.3) is 6.08 Å². The Bertz CT molecular complexity index is 1310. The molecule has 3 aromatic rings. The Labute approximate surface area is 212 Å². The Balaban J connectivity index is 1.43. The van der Waals surface area contributed by atoms with Crippen molar-refractivity contribution in [2.24, 2.45) is 4.99 Å². The van der Waals surface area contributed by atoms with Crippen molar-refractivity contribution >= 4 is 40.6 Å². The van der Waals surface area contributed by atoms with E-state index in [9.17, 15) is 9.59 Å². The fourth-order valence-corrected chi connectivity index (χ4v) is 4.08. The van der Waals surface area contributed by atoms with Crippen LogP contribution in [0.1, 0.15) is 28.8 Å². The number of amides is 1. The molecule has 1 fully saturated rings. The summed E-state index contributed by atoms with van der Waals surface area (Å²) in [5.41, 5.74) is 1.46. The number of hydrogen-bond donors (Lipinski definition) is 1. The molecule has 4 rings (SSSR count). The lowest BCUT2D eigenvalue weighted by Crippen LogP contribution is -2.19. The molecule has 0 unspecified atom stereocenters. The lowest BCUT2D eigenvalue weighted by atomic mass is 10.2. The van der Waals surface area contributed by atoms with E-state index in [1.807, 2.05) is 37.3 Å². The number of aliphatic imine (C=N–C) groups is 1. The third kappa shape index (κ3) is 6.08. The summed E-state index contributed by atoms with van der Waals surface area (Å²) < 4.78 is 26.7. The van der Waals surface area contributed by atoms with Gasteiger partial charge < -0.3 is 28.7 Å². The van der Waals surface area contributed by atoms with E-state index >= 15 is 0 Å². The zero-order chi connectivity index (χ0) is 25.5. The van der Waals surface area contributed by atoms with Crippen LogP contribution in [-0.2, 0) is 16.1 Å². The van der Waals surface area contributed by atoms with Gasteiger partial charge in [-0.05, 0) is 78.9 Å². The molecule has 0 saturated carbocycles. The van der Waals surface area contributed by atoms with Crippen molar-refractivity contribution in [3.63, 3.8) is 0 Å². The fraction of sp³-hybridized carbons (Fsp3) is 0.192. The van der Waals surface area contributed by atoms with Gasteiger partial charge in [-0.2, -0.15) is 0 Å². The van der Waals surface area contributed by atoms with Gasteiger partial charge in [-0.3, -0.25) is 4.79 Å². The Hall–Kier alpha value is -4.18. The highest BCUT2D eigenvalue weighted by molar-refractivity contribution is 8.18. The molecular formula is C26H24N2O7S. The number of methoxy groups -OCH3 is 2. The Morgan fingerprint density at radius 1 is 1.06 bits per heavy atom. The summed E-state index contributed by atoms with van der Waals surface area (Å²) in [5.74, 6) is 1.50. The van der Waals surface area contributed by atoms with Crippen LogP contribution in [0.4, 0.5) is 5.69 Å². The van der Waals surface area contributed by atoms with Gasteiger partial charge >= 0.3 is 5.97 Å². The number of rotatable bonds is 9. The van der Waals surface area contributed by atoms with Gasteiger partial charge in [0.15, 0.2) is 16.7 Å². The number of ether oxygens (including phenoxy) is 4. The van der Waals surface area contributed by atoms with Gasteiger partial charge in [0.25, 0.3) is 5.91 Å². The first-order valence-corrected chi connectivity index (χ1v) is 11.8. The Morgan fingerprint density at radius 2 is 1.86 bits per heavy atom. The maximum atomic E-state index is 12.5. The molecule has 10 heteroatoms. The van der Waals surface area contributed by atoms with Crippen LogP contribution >= 0.6 is 11.8 Å². The van der Waals surface area contributed by atoms with Crippen LogP contribution in [0.15, 0.2) is 68.9 Å². The average Bonchev–Trinajstić information content (AvgIpc) is 3.50. The largest absolute Gasteiger partial charge is 0.494 e. The molecule has 0 spiro atoms. The molecule has 1 saturated heterocycles. The lowest BCUT2D eigenvalue weighted by molar-refractivity contribution is -0.115. The summed E-state index contributed by atoms with van der Waals surface area (Å²) in [6, 6.07) is 15.8. The predicted octanol–water partition coefficient (Wildman–Crippen LogP) is 4.94. The van der Waals surface area contributed by atoms with Crippen LogP contribution in [0.5, 0.6) is 17.2 Å². The second kappa shape index (κ2) is 11.5. The Kier molecular flexibility index (Phi) is 7.96. The van der Waals surface area contributed by atoms with E-state index in [0.29, 0.717) is 39.6 Å². The van der Waals surface area contributed by atoms with Crippen LogP contribution in [-0.4, -0.2) is 37.9 Å². The van der Waals surface area contributed by atoms with Gasteiger partial charge in [-0.25, -0.2) is 9.79 Å². The first-order chi connectivity index (χ1) is 17.5. The van der Waals surface area contributed by atoms with E-state index in [1.165, 1.54) is 32.0 Å². The van der Waals surface area contributed by atoms with Crippen molar-refractivity contribution in [1.82, 2.24) is 5.32 Å². The first kappa shape index (κ1) is 24.9. The number of nitrogens with zero attached hydrogens (tertiary/aromatic N) is 1. The second-order valence-corrected chi connectivity index (χ2v) is 8.40. The van der Waals surface area contributed by atoms with Gasteiger partial charge in [0, 0.05) is 0 Å². The summed E-state index contributed by atoms with van der Waals surface area (Å²) in [6.45, 7) is 2.61. The van der Waals surface area contributed by atoms with E-state index in [0.717, 1.165) is 11.3 Å². The molecule has 0 atom stereocenters. The molecule has 1 amide bonds. The zero-order valence-electron chi connectivity index (χ0n) is 19.9. The number of furan rings is 1. The van der Waals surface area contributed by atoms with E-state index in [-0.39, 0.29) is 18.3 Å². The summed E-state index contributed by atoms with van der Waals surface area (Å²) >= 11 is 1.25. The van der Waals surface area contributed by atoms with Crippen LogP contribution in [0.3, 0.4) is 0 Å². The standard InChI is InChI=1S/C26H24N2O7S/c1-4-33-18-8-6-17(7-9-18)27-26-28-24(29)23(36-26)14-16-5-11-20(22(13-16)31-2)34-15-19-10-12-21(35-19)25(30)32-3/h5-14H,4,15H2,1-3H3,(H,27,28,29)/b23-14+. The number of amidine groups is 1. The Morgan fingerprint density at radius 3 is 2.58 bits per heavy atom. The lowest BCUT2D eigenvalue weighted by Gasteiger charge is -2.10. The van der Waals surface area contributed by atoms with Crippen LogP contribution < -0.4 is 19.5 Å². The number of carbonyl (C=O) groups is 2. The second-order valence-electron chi connectivity index (χ2n) is 7.37. The molecule has 0 bridgehead atoms. The monoisotopic (exact) mass is 508 g/mol. The van der Waals surface area contributed by atoms with Gasteiger partial charge in [0.05, 0.1) is 31.4 Å². The molecule has 36 heavy (non-hydrogen) atoms. The summed E-state index contributed by atoms with van der Waals surface area (Å²) in [6.07, 6.45) is 1.75. The highest BCUT2D eigenvalue weighted by Gasteiger charge is 2.24. The van der Waals surface area contributed by atoms with E-state index in [4.69, 9.17) is 18.6 Å². The van der Waals surface area contributed by atoms with Gasteiger partial charge in [0.2, 0.25) is 5.76 Å². The molecule has 1 aliphatic rings. The average molecular weight is 509 g/mol. The first-order valence-electron chi connectivity index (χ1n) is 11.0. The van der Waals surface area contributed by atoms with E-state index in [2.05, 4.69) is 15.0 Å². The van der Waals surface area contributed by atoms with Crippen molar-refractivity contribution in [3.8, 4) is 17.2 Å². The molecular weight excluding hydrogens is 484 g/mol. The molecule has 2 aromatic carbocycles. The van der Waals surface area contributed by atoms with Gasteiger partial charge in [-0.15, -0.1) is 0 Å². The number of thioether (sulfide) groups is 1. The van der Waals surface area contributed by atoms with Crippen molar-refractivity contribution in [3.05, 3.63) is 76.6 Å². The van der Waals surface area contributed by atoms with Crippen molar-refractivity contribution in [2.45, 2.75) is 13.5 Å². The smallest absolute Gasteiger partial charge is 0.373 e. The normalized spacial score (nSPS) is 15.1. The quantitative estimate of drug-likeness (QED) is 0.320. The van der Waals surface area contributed by atoms with Crippen molar-refractivity contribution in [1.29, 1.82) is 0 Å². The SMILES string of the molecule is CCOc1ccc(N=C2NC(=O)/C(=C\c3ccc(OCc4ccc(C(=O)OC)o4)c(OC)c3)S2)cc1. The molecule has 186 valence electrons. The predicted molar refractivity (Wildman–Crippen MR) is 136 cm³/mol. The highest BCUT2D eigenvalue weighted by Crippen LogP contribution is 2.33. The highest BCUT2D eigenvalue weighted by atomic mass is 32.2. The minimum Gasteiger partial charge on any atom is -0.494 e. The molecule has 1 aliphatic heterocycles. The molecule has 2 heterocycles. The molecule has 9 nitrogen and oxygen atoms in total. The third-order valence-corrected chi connectivity index (χ3v) is 5.84. The van der Waals surface area contributed by atoms with E-state index in [1.54, 1.807) is 24.3 Å². The fourth-order valence-electron chi connectivity index (χ4n) is 3.24. The summed E-state index contributed by atoms with van der Waals surface area (Å²) in [5, 5.41) is 3.27. The number of esters is 1. The third-order valence-electron chi connectivity index (χ3n) is 4.93. The maximum absolute atomic E-state index is 12.5. The molecule has 0 aliphatic carbocycles. The van der Waals surface area contributed by atoms with Crippen molar-refractivity contribution < 1.29 is 33.0 Å². The van der Waals surface area contributed by atoms with E-state index < -0.39 is 5.97 Å². The molecule has 0 radical (unpaired) electrons. The minimum atomic E-state index is -0.558. The number of benzene rings is 2.